The van der Waals surface area contributed by atoms with Crippen LogP contribution >= 0.6 is 0 Å². The fourth-order valence-electron chi connectivity index (χ4n) is 13.7. The van der Waals surface area contributed by atoms with Crippen LogP contribution in [0.2, 0.25) is 0 Å². The number of aromatic nitrogens is 2. The van der Waals surface area contributed by atoms with Crippen LogP contribution in [0.25, 0.3) is 21.8 Å². The number of ether oxygens (including phenoxy) is 3. The highest BCUT2D eigenvalue weighted by Crippen LogP contribution is 2.42. The van der Waals surface area contributed by atoms with Crippen molar-refractivity contribution in [1.82, 2.24) is 18.9 Å². The van der Waals surface area contributed by atoms with E-state index in [2.05, 4.69) is 47.5 Å². The molecule has 2 aromatic heterocycles. The molecule has 3 aliphatic carbocycles. The van der Waals surface area contributed by atoms with E-state index in [0.29, 0.717) is 42.9 Å². The summed E-state index contributed by atoms with van der Waals surface area (Å²) in [5.41, 5.74) is 9.40. The summed E-state index contributed by atoms with van der Waals surface area (Å²) in [4.78, 5) is 55.8. The molecule has 2 aromatic carbocycles. The topological polar surface area (TPSA) is 112 Å². The summed E-state index contributed by atoms with van der Waals surface area (Å²) < 4.78 is 21.5. The zero-order valence-electron chi connectivity index (χ0n) is 43.0. The van der Waals surface area contributed by atoms with E-state index in [1.807, 2.05) is 42.7 Å². The van der Waals surface area contributed by atoms with Crippen molar-refractivity contribution in [2.24, 2.45) is 55.5 Å². The monoisotopic (exact) mass is 957 g/mol. The lowest BCUT2D eigenvalue weighted by atomic mass is 9.75. The van der Waals surface area contributed by atoms with Gasteiger partial charge in [-0.05, 0) is 207 Å². The zero-order chi connectivity index (χ0) is 48.7. The maximum Gasteiger partial charge on any atom is 0.306 e. The van der Waals surface area contributed by atoms with E-state index in [-0.39, 0.29) is 23.7 Å². The number of nitrogens with zero attached hydrogens (tertiary/aromatic N) is 4. The second kappa shape index (κ2) is 20.9. The van der Waals surface area contributed by atoms with Gasteiger partial charge in [-0.3, -0.25) is 19.2 Å². The van der Waals surface area contributed by atoms with Crippen molar-refractivity contribution in [3.8, 4) is 0 Å². The number of piperidine rings is 2. The van der Waals surface area contributed by atoms with Crippen LogP contribution in [0.3, 0.4) is 0 Å². The molecular formula is C59H80N4O7. The molecule has 4 aromatic rings. The first kappa shape index (κ1) is 49.1. The average molecular weight is 957 g/mol. The van der Waals surface area contributed by atoms with Crippen molar-refractivity contribution in [3.05, 3.63) is 70.0 Å². The number of hydrogen-bond donors (Lipinski definition) is 0. The standard InChI is InChI=1S/C30H42N2O4.C29H38N2O3/c1-30(2,3)36-28(33)16-20-6-5-13-32(19-20)29(34)23-8-10-27-25(18-23)24-17-22(7-9-26(24)31(27)4)21-11-14-35-15-12-21;1-30-26-8-6-22(20-10-13-34-14-11-20)16-24(26)25-17-23(7-9-27(25)30)29(33)31-12-2-3-19(18-31)15-28(32)21-4-5-21/h8,10,18,20-22H,5-7,9,11-17,19H2,1-4H3;7,9,17,19-22H,2-6,8,10-16,18H2,1H3/t20-,22-;19-,22-/m11/s1. The van der Waals surface area contributed by atoms with E-state index in [9.17, 15) is 19.2 Å². The molecular weight excluding hydrogens is 877 g/mol. The summed E-state index contributed by atoms with van der Waals surface area (Å²) in [7, 11) is 4.35. The van der Waals surface area contributed by atoms with E-state index in [4.69, 9.17) is 14.2 Å². The Morgan fingerprint density at radius 2 is 1.04 bits per heavy atom. The molecule has 4 saturated heterocycles. The van der Waals surface area contributed by atoms with Gasteiger partial charge >= 0.3 is 5.97 Å². The second-order valence-electron chi connectivity index (χ2n) is 23.6. The second-order valence-corrected chi connectivity index (χ2v) is 23.6. The van der Waals surface area contributed by atoms with Gasteiger partial charge in [0, 0.05) is 123 Å². The lowest BCUT2D eigenvalue weighted by Gasteiger charge is -2.33. The SMILES string of the molecule is Cn1c2c(c3cc(C(=O)N4CCC[C@H](CC(=O)C5CC5)C4)ccc31)C[C@H](C1CCOCC1)CC2.Cn1c2c(c3cc(C(=O)N4CCC[C@H](CC(=O)OC(C)(C)C)C4)ccc31)C[C@H](C1CCOCC1)CC2. The maximum absolute atomic E-state index is 13.6. The Kier molecular flexibility index (Phi) is 14.7. The van der Waals surface area contributed by atoms with Crippen LogP contribution in [0.15, 0.2) is 36.4 Å². The van der Waals surface area contributed by atoms with E-state index < -0.39 is 5.60 Å². The lowest BCUT2D eigenvalue weighted by molar-refractivity contribution is -0.156. The Morgan fingerprint density at radius 1 is 0.586 bits per heavy atom. The number of fused-ring (bicyclic) bond motifs is 6. The molecule has 5 fully saturated rings. The van der Waals surface area contributed by atoms with Gasteiger partial charge in [-0.25, -0.2) is 0 Å². The minimum atomic E-state index is -0.477. The Morgan fingerprint density at radius 3 is 1.49 bits per heavy atom. The Bertz CT molecular complexity index is 2570. The molecule has 6 heterocycles. The summed E-state index contributed by atoms with van der Waals surface area (Å²) in [6.07, 6.45) is 18.9. The summed E-state index contributed by atoms with van der Waals surface area (Å²) in [5, 5.41) is 2.52. The summed E-state index contributed by atoms with van der Waals surface area (Å²) in [6, 6.07) is 12.6. The number of hydrogen-bond acceptors (Lipinski definition) is 7. The van der Waals surface area contributed by atoms with Crippen LogP contribution < -0.4 is 0 Å². The van der Waals surface area contributed by atoms with Crippen molar-refractivity contribution in [2.75, 3.05) is 52.6 Å². The molecule has 378 valence electrons. The third kappa shape index (κ3) is 10.8. The molecule has 11 heteroatoms. The molecule has 0 spiro atoms. The number of Topliss-reactive ketones (excluding diaryl/α,β-unsaturated/α-hetero) is 1. The van der Waals surface area contributed by atoms with Crippen LogP contribution in [-0.2, 0) is 63.6 Å². The highest BCUT2D eigenvalue weighted by molar-refractivity contribution is 6.00. The smallest absolute Gasteiger partial charge is 0.306 e. The number of rotatable bonds is 9. The van der Waals surface area contributed by atoms with E-state index in [1.165, 1.54) is 82.8 Å². The molecule has 4 atom stereocenters. The first-order valence-corrected chi connectivity index (χ1v) is 27.5. The number of ketones is 1. The zero-order valence-corrected chi connectivity index (χ0v) is 43.0. The first-order valence-electron chi connectivity index (χ1n) is 27.5. The van der Waals surface area contributed by atoms with Gasteiger partial charge < -0.3 is 33.1 Å². The molecule has 0 unspecified atom stereocenters. The molecule has 11 nitrogen and oxygen atoms in total. The number of carbonyl (C=O) groups excluding carboxylic acids is 4. The van der Waals surface area contributed by atoms with Crippen molar-refractivity contribution in [1.29, 1.82) is 0 Å². The lowest BCUT2D eigenvalue weighted by Crippen LogP contribution is -2.41. The highest BCUT2D eigenvalue weighted by atomic mass is 16.6. The van der Waals surface area contributed by atoms with Gasteiger partial charge in [-0.2, -0.15) is 0 Å². The minimum Gasteiger partial charge on any atom is -0.460 e. The highest BCUT2D eigenvalue weighted by Gasteiger charge is 2.36. The number of benzene rings is 2. The van der Waals surface area contributed by atoms with E-state index in [1.54, 1.807) is 0 Å². The minimum absolute atomic E-state index is 0.0835. The molecule has 11 rings (SSSR count). The van der Waals surface area contributed by atoms with Crippen LogP contribution in [-0.4, -0.2) is 101 Å². The number of amides is 2. The number of likely N-dealkylation sites (tertiary alicyclic amines) is 2. The Labute approximate surface area is 416 Å². The fourth-order valence-corrected chi connectivity index (χ4v) is 13.7. The molecule has 70 heavy (non-hydrogen) atoms. The van der Waals surface area contributed by atoms with Crippen molar-refractivity contribution in [2.45, 2.75) is 142 Å². The quantitative estimate of drug-likeness (QED) is 0.154. The molecule has 7 aliphatic rings. The van der Waals surface area contributed by atoms with Crippen molar-refractivity contribution in [3.63, 3.8) is 0 Å². The fraction of sp³-hybridized carbons (Fsp3) is 0.661. The van der Waals surface area contributed by atoms with Crippen molar-refractivity contribution < 1.29 is 33.4 Å². The summed E-state index contributed by atoms with van der Waals surface area (Å²) >= 11 is 0. The normalized spacial score (nSPS) is 24.7. The van der Waals surface area contributed by atoms with Gasteiger partial charge in [-0.15, -0.1) is 0 Å². The predicted molar refractivity (Wildman–Crippen MR) is 274 cm³/mol. The summed E-state index contributed by atoms with van der Waals surface area (Å²) in [6.45, 7) is 12.2. The molecule has 2 amide bonds. The first-order chi connectivity index (χ1) is 33.8. The molecule has 1 saturated carbocycles. The van der Waals surface area contributed by atoms with Crippen molar-refractivity contribution >= 4 is 45.4 Å². The van der Waals surface area contributed by atoms with Crippen LogP contribution in [0.4, 0.5) is 0 Å². The van der Waals surface area contributed by atoms with Crippen LogP contribution in [0, 0.1) is 41.4 Å². The van der Waals surface area contributed by atoms with Gasteiger partial charge in [0.1, 0.15) is 11.4 Å². The average Bonchev–Trinajstić information content (AvgIpc) is 4.15. The maximum atomic E-state index is 13.6. The predicted octanol–water partition coefficient (Wildman–Crippen LogP) is 10.2. The van der Waals surface area contributed by atoms with Gasteiger partial charge in [0.15, 0.2) is 0 Å². The largest absolute Gasteiger partial charge is 0.460 e. The number of aryl methyl sites for hydroxylation is 2. The number of carbonyl (C=O) groups is 4. The third-order valence-corrected chi connectivity index (χ3v) is 17.7. The Hall–Kier alpha value is -4.48. The van der Waals surface area contributed by atoms with Gasteiger partial charge in [0.05, 0.1) is 6.42 Å². The third-order valence-electron chi connectivity index (χ3n) is 17.7. The Balaban J connectivity index is 0.000000162. The number of esters is 1. The van der Waals surface area contributed by atoms with E-state index >= 15 is 0 Å². The summed E-state index contributed by atoms with van der Waals surface area (Å²) in [5.74, 6) is 4.25. The van der Waals surface area contributed by atoms with Crippen LogP contribution in [0.1, 0.15) is 154 Å². The van der Waals surface area contributed by atoms with Gasteiger partial charge in [0.2, 0.25) is 0 Å². The molecule has 4 aliphatic heterocycles. The van der Waals surface area contributed by atoms with Crippen LogP contribution in [0.5, 0.6) is 0 Å². The van der Waals surface area contributed by atoms with Gasteiger partial charge in [-0.1, -0.05) is 0 Å². The van der Waals surface area contributed by atoms with E-state index in [0.717, 1.165) is 139 Å². The molecule has 0 N–H and O–H groups in total. The molecule has 0 radical (unpaired) electrons. The van der Waals surface area contributed by atoms with Gasteiger partial charge in [0.25, 0.3) is 11.8 Å². The molecule has 0 bridgehead atoms.